The highest BCUT2D eigenvalue weighted by atomic mass is 32.1. The van der Waals surface area contributed by atoms with Crippen molar-refractivity contribution in [2.45, 2.75) is 58.4 Å². The molecule has 0 saturated heterocycles. The first kappa shape index (κ1) is 31.0. The van der Waals surface area contributed by atoms with E-state index in [1.807, 2.05) is 44.2 Å². The summed E-state index contributed by atoms with van der Waals surface area (Å²) in [6.07, 6.45) is 0.217. The van der Waals surface area contributed by atoms with E-state index in [1.54, 1.807) is 17.6 Å². The number of halogens is 1. The van der Waals surface area contributed by atoms with Crippen LogP contribution < -0.4 is 16.2 Å². The van der Waals surface area contributed by atoms with E-state index in [0.29, 0.717) is 17.9 Å². The van der Waals surface area contributed by atoms with Crippen molar-refractivity contribution in [3.63, 3.8) is 0 Å². The monoisotopic (exact) mass is 642 g/mol. The summed E-state index contributed by atoms with van der Waals surface area (Å²) in [7, 11) is 0. The number of pyridine rings is 2. The number of carbonyl (C=O) groups excluding carboxylic acids is 3. The fourth-order valence-corrected chi connectivity index (χ4v) is 6.25. The van der Waals surface area contributed by atoms with Gasteiger partial charge in [-0.25, -0.2) is 19.0 Å². The highest BCUT2D eigenvalue weighted by Gasteiger charge is 2.51. The number of fused-ring (bicyclic) bond motifs is 5. The van der Waals surface area contributed by atoms with E-state index in [2.05, 4.69) is 10.6 Å². The minimum atomic E-state index is -1.91. The number of thiocarbonyl (C=S) groups is 1. The van der Waals surface area contributed by atoms with Gasteiger partial charge in [0.2, 0.25) is 5.60 Å². The summed E-state index contributed by atoms with van der Waals surface area (Å²) in [5, 5.41) is 6.04. The van der Waals surface area contributed by atoms with E-state index in [4.69, 9.17) is 26.7 Å². The van der Waals surface area contributed by atoms with Crippen LogP contribution in [0.2, 0.25) is 0 Å². The number of carbonyl (C=O) groups is 3. The summed E-state index contributed by atoms with van der Waals surface area (Å²) >= 11 is 5.31. The summed E-state index contributed by atoms with van der Waals surface area (Å²) < 4.78 is 26.7. The van der Waals surface area contributed by atoms with Crippen molar-refractivity contribution in [1.29, 1.82) is 0 Å². The van der Waals surface area contributed by atoms with E-state index >= 15 is 0 Å². The van der Waals surface area contributed by atoms with Crippen molar-refractivity contribution in [2.75, 3.05) is 0 Å². The summed E-state index contributed by atoms with van der Waals surface area (Å²) in [6, 6.07) is 15.3. The van der Waals surface area contributed by atoms with Gasteiger partial charge in [-0.05, 0) is 67.4 Å². The third-order valence-corrected chi connectivity index (χ3v) is 8.49. The van der Waals surface area contributed by atoms with Crippen LogP contribution in [0.15, 0.2) is 65.5 Å². The van der Waals surface area contributed by atoms with E-state index in [-0.39, 0.29) is 52.7 Å². The van der Waals surface area contributed by atoms with Gasteiger partial charge in [-0.3, -0.25) is 14.9 Å². The Hall–Kier alpha value is -4.97. The van der Waals surface area contributed by atoms with Crippen molar-refractivity contribution < 1.29 is 28.2 Å². The number of ether oxygens (including phenoxy) is 2. The normalized spacial score (nSPS) is 17.0. The quantitative estimate of drug-likeness (QED) is 0.195. The molecule has 4 aromatic rings. The van der Waals surface area contributed by atoms with Crippen LogP contribution in [0.3, 0.4) is 0 Å². The smallest absolute Gasteiger partial charge is 0.355 e. The molecule has 10 nitrogen and oxygen atoms in total. The lowest BCUT2D eigenvalue weighted by Crippen LogP contribution is -2.53. The Labute approximate surface area is 268 Å². The lowest BCUT2D eigenvalue weighted by atomic mass is 9.85. The molecule has 1 amide bonds. The van der Waals surface area contributed by atoms with E-state index in [0.717, 1.165) is 22.5 Å². The maximum absolute atomic E-state index is 13.9. The van der Waals surface area contributed by atoms with Gasteiger partial charge in [-0.15, -0.1) is 0 Å². The molecule has 0 unspecified atom stereocenters. The lowest BCUT2D eigenvalue weighted by Gasteiger charge is -2.37. The van der Waals surface area contributed by atoms with Crippen molar-refractivity contribution in [3.05, 3.63) is 99.1 Å². The van der Waals surface area contributed by atoms with E-state index < -0.39 is 35.3 Å². The average molecular weight is 643 g/mol. The predicted molar refractivity (Wildman–Crippen MR) is 171 cm³/mol. The number of hydrogen-bond donors (Lipinski definition) is 2. The molecule has 2 aromatic carbocycles. The Morgan fingerprint density at radius 2 is 1.91 bits per heavy atom. The summed E-state index contributed by atoms with van der Waals surface area (Å²) in [5.74, 6) is -2.90. The van der Waals surface area contributed by atoms with Crippen molar-refractivity contribution in [1.82, 2.24) is 20.2 Å². The highest BCUT2D eigenvalue weighted by Crippen LogP contribution is 2.41. The van der Waals surface area contributed by atoms with Crippen molar-refractivity contribution in [2.24, 2.45) is 5.92 Å². The molecule has 0 aliphatic carbocycles. The molecule has 0 saturated carbocycles. The number of hydrogen-bond acceptors (Lipinski definition) is 8. The van der Waals surface area contributed by atoms with Gasteiger partial charge < -0.3 is 19.4 Å². The molecule has 2 aromatic heterocycles. The first-order chi connectivity index (χ1) is 22.0. The Morgan fingerprint density at radius 3 is 2.65 bits per heavy atom. The molecule has 0 fully saturated rings. The summed E-state index contributed by atoms with van der Waals surface area (Å²) in [5.41, 5.74) is 1.01. The molecule has 6 rings (SSSR count). The number of aromatic nitrogens is 2. The molecular formula is C34H31FN4O6S. The molecule has 12 heteroatoms. The molecule has 236 valence electrons. The molecule has 2 aliphatic rings. The number of rotatable bonds is 7. The Morgan fingerprint density at radius 1 is 1.13 bits per heavy atom. The number of nitrogens with zero attached hydrogens (tertiary/aromatic N) is 2. The first-order valence-electron chi connectivity index (χ1n) is 14.9. The number of cyclic esters (lactones) is 1. The highest BCUT2D eigenvalue weighted by molar-refractivity contribution is 7.80. The van der Waals surface area contributed by atoms with Gasteiger partial charge in [-0.2, -0.15) is 0 Å². The number of amides is 1. The van der Waals surface area contributed by atoms with Gasteiger partial charge >= 0.3 is 11.9 Å². The number of nitrogens with one attached hydrogen (secondary N) is 2. The maximum atomic E-state index is 13.9. The molecule has 2 N–H and O–H groups in total. The molecule has 0 bridgehead atoms. The third kappa shape index (κ3) is 5.53. The molecule has 2 aliphatic heterocycles. The second-order valence-electron chi connectivity index (χ2n) is 11.8. The summed E-state index contributed by atoms with van der Waals surface area (Å²) in [6.45, 7) is 5.48. The summed E-state index contributed by atoms with van der Waals surface area (Å²) in [4.78, 5) is 58.7. The molecule has 46 heavy (non-hydrogen) atoms. The maximum Gasteiger partial charge on any atom is 0.355 e. The van der Waals surface area contributed by atoms with Crippen LogP contribution in [-0.4, -0.2) is 38.6 Å². The van der Waals surface area contributed by atoms with Crippen LogP contribution in [0, 0.1) is 11.7 Å². The van der Waals surface area contributed by atoms with Crippen LogP contribution >= 0.6 is 12.2 Å². The Bertz CT molecular complexity index is 1990. The van der Waals surface area contributed by atoms with Gasteiger partial charge in [-0.1, -0.05) is 45.0 Å². The van der Waals surface area contributed by atoms with Gasteiger partial charge in [0.05, 0.1) is 29.0 Å². The molecule has 0 radical (unpaired) electrons. The molecular weight excluding hydrogens is 611 g/mol. The second-order valence-corrected chi connectivity index (χ2v) is 12.2. The van der Waals surface area contributed by atoms with E-state index in [1.165, 1.54) is 18.2 Å². The average Bonchev–Trinajstić information content (AvgIpc) is 3.38. The van der Waals surface area contributed by atoms with Crippen LogP contribution in [0.25, 0.3) is 22.3 Å². The topological polar surface area (TPSA) is 129 Å². The Balaban J connectivity index is 1.32. The van der Waals surface area contributed by atoms with Crippen LogP contribution in [-0.2, 0) is 37.8 Å². The van der Waals surface area contributed by atoms with Crippen LogP contribution in [0.1, 0.15) is 60.7 Å². The Kier molecular flexibility index (Phi) is 8.15. The van der Waals surface area contributed by atoms with E-state index in [9.17, 15) is 23.6 Å². The minimum Gasteiger partial charge on any atom is -0.457 e. The SMILES string of the molecule is CC[C@@]1(OC(=O)[C@H](CC(C)C)NC(=S)NC(=O)c2cccc(F)c2)C(=O)OCc2c1cc1n(c2=O)Cc2cc3ccccc3nc2-1. The standard InChI is InChI=1S/C34H31FN4O6S/c1-4-34(45-31(42)26(12-18(2)3)37-33(46)38-29(40)20-9-7-10-22(35)14-20)24-15-27-28-21(13-19-8-5-6-11-25(19)36-28)16-39(27)30(41)23(24)17-44-32(34)43/h5-11,13-15,18,26H,4,12,16-17H2,1-3H3,(H2,37,38,40,46)/t26-,34-/m0/s1. The number of benzene rings is 2. The number of esters is 2. The second kappa shape index (κ2) is 12.1. The molecule has 2 atom stereocenters. The van der Waals surface area contributed by atoms with Crippen LogP contribution in [0.4, 0.5) is 4.39 Å². The molecule has 0 spiro atoms. The fraction of sp³-hybridized carbons (Fsp3) is 0.294. The zero-order valence-corrected chi connectivity index (χ0v) is 26.2. The van der Waals surface area contributed by atoms with Gasteiger partial charge in [0.15, 0.2) is 5.11 Å². The van der Waals surface area contributed by atoms with Gasteiger partial charge in [0.25, 0.3) is 11.5 Å². The van der Waals surface area contributed by atoms with Crippen LogP contribution in [0.5, 0.6) is 0 Å². The minimum absolute atomic E-state index is 0.0133. The first-order valence-corrected chi connectivity index (χ1v) is 15.3. The van der Waals surface area contributed by atoms with Gasteiger partial charge in [0.1, 0.15) is 18.5 Å². The predicted octanol–water partition coefficient (Wildman–Crippen LogP) is 4.49. The largest absolute Gasteiger partial charge is 0.457 e. The van der Waals surface area contributed by atoms with Crippen molar-refractivity contribution in [3.8, 4) is 11.4 Å². The lowest BCUT2D eigenvalue weighted by molar-refractivity contribution is -0.190. The van der Waals surface area contributed by atoms with Crippen molar-refractivity contribution >= 4 is 46.1 Å². The fourth-order valence-electron chi connectivity index (χ4n) is 6.01. The number of para-hydroxylation sites is 1. The van der Waals surface area contributed by atoms with Gasteiger partial charge in [0, 0.05) is 22.1 Å². The zero-order chi connectivity index (χ0) is 32.7. The zero-order valence-electron chi connectivity index (χ0n) is 25.4. The third-order valence-electron chi connectivity index (χ3n) is 8.27. The molecule has 4 heterocycles.